The molecule has 0 fully saturated rings. The molecular weight excluding hydrogens is 250 g/mol. The van der Waals surface area contributed by atoms with Crippen molar-refractivity contribution in [2.75, 3.05) is 5.32 Å². The standard InChI is InChI=1S/C10H10ClNO3S/c1-10(2)9(13)12-8-6(11)4-3-5-7(8)16(10,14)15/h3-5H,1-2H3,(H,12,13). The second-order valence-corrected chi connectivity index (χ2v) is 6.96. The van der Waals surface area contributed by atoms with Crippen molar-refractivity contribution in [3.8, 4) is 0 Å². The molecule has 0 spiro atoms. The quantitative estimate of drug-likeness (QED) is 0.773. The number of halogens is 1. The summed E-state index contributed by atoms with van der Waals surface area (Å²) in [7, 11) is -3.69. The fraction of sp³-hybridized carbons (Fsp3) is 0.300. The average molecular weight is 260 g/mol. The maximum absolute atomic E-state index is 12.2. The minimum absolute atomic E-state index is 0.0737. The van der Waals surface area contributed by atoms with Gasteiger partial charge in [-0.25, -0.2) is 8.42 Å². The van der Waals surface area contributed by atoms with Gasteiger partial charge >= 0.3 is 0 Å². The summed E-state index contributed by atoms with van der Waals surface area (Å²) in [5.74, 6) is -0.562. The van der Waals surface area contributed by atoms with E-state index in [2.05, 4.69) is 5.32 Å². The molecule has 0 atom stereocenters. The molecule has 0 bridgehead atoms. The first-order valence-electron chi connectivity index (χ1n) is 4.63. The lowest BCUT2D eigenvalue weighted by Crippen LogP contribution is -2.48. The summed E-state index contributed by atoms with van der Waals surface area (Å²) in [5.41, 5.74) is 0.175. The normalized spacial score (nSPS) is 21.1. The van der Waals surface area contributed by atoms with E-state index < -0.39 is 20.5 Å². The fourth-order valence-corrected chi connectivity index (χ4v) is 3.32. The van der Waals surface area contributed by atoms with Crippen LogP contribution in [0.1, 0.15) is 13.8 Å². The first kappa shape index (κ1) is 11.4. The Morgan fingerprint density at radius 2 is 1.94 bits per heavy atom. The third-order valence-electron chi connectivity index (χ3n) is 2.72. The Labute approximate surface area is 98.5 Å². The van der Waals surface area contributed by atoms with E-state index in [-0.39, 0.29) is 15.6 Å². The average Bonchev–Trinajstić information content (AvgIpc) is 2.18. The van der Waals surface area contributed by atoms with Gasteiger partial charge in [0.1, 0.15) is 4.75 Å². The fourth-order valence-electron chi connectivity index (χ4n) is 1.51. The first-order valence-corrected chi connectivity index (χ1v) is 6.49. The zero-order valence-corrected chi connectivity index (χ0v) is 10.3. The molecule has 1 N–H and O–H groups in total. The number of anilines is 1. The summed E-state index contributed by atoms with van der Waals surface area (Å²) in [6, 6.07) is 4.53. The van der Waals surface area contributed by atoms with E-state index in [1.165, 1.54) is 26.0 Å². The van der Waals surface area contributed by atoms with Gasteiger partial charge in [-0.05, 0) is 26.0 Å². The van der Waals surface area contributed by atoms with Crippen LogP contribution in [-0.4, -0.2) is 19.1 Å². The first-order chi connectivity index (χ1) is 7.28. The van der Waals surface area contributed by atoms with Crippen molar-refractivity contribution in [2.24, 2.45) is 0 Å². The molecule has 1 heterocycles. The van der Waals surface area contributed by atoms with Gasteiger partial charge in [0.2, 0.25) is 5.91 Å². The molecule has 16 heavy (non-hydrogen) atoms. The molecule has 1 aromatic carbocycles. The zero-order valence-electron chi connectivity index (χ0n) is 8.74. The molecule has 2 rings (SSSR count). The molecule has 0 aromatic heterocycles. The van der Waals surface area contributed by atoms with Crippen molar-refractivity contribution < 1.29 is 13.2 Å². The molecule has 4 nitrogen and oxygen atoms in total. The smallest absolute Gasteiger partial charge is 0.245 e. The van der Waals surface area contributed by atoms with E-state index in [0.29, 0.717) is 0 Å². The van der Waals surface area contributed by atoms with E-state index >= 15 is 0 Å². The van der Waals surface area contributed by atoms with Crippen LogP contribution in [0.25, 0.3) is 0 Å². The Hall–Kier alpha value is -1.07. The lowest BCUT2D eigenvalue weighted by atomic mass is 10.1. The van der Waals surface area contributed by atoms with Crippen molar-refractivity contribution in [3.05, 3.63) is 23.2 Å². The van der Waals surface area contributed by atoms with Gasteiger partial charge < -0.3 is 5.32 Å². The number of amides is 1. The monoisotopic (exact) mass is 259 g/mol. The highest BCUT2D eigenvalue weighted by atomic mass is 35.5. The number of hydrogen-bond donors (Lipinski definition) is 1. The molecule has 0 unspecified atom stereocenters. The lowest BCUT2D eigenvalue weighted by Gasteiger charge is -2.30. The zero-order chi connectivity index (χ0) is 12.1. The van der Waals surface area contributed by atoms with Crippen LogP contribution in [-0.2, 0) is 14.6 Å². The van der Waals surface area contributed by atoms with Crippen molar-refractivity contribution >= 4 is 33.0 Å². The summed E-state index contributed by atoms with van der Waals surface area (Å²) in [5, 5.41) is 2.75. The van der Waals surface area contributed by atoms with Gasteiger partial charge in [-0.1, -0.05) is 17.7 Å². The second-order valence-electron chi connectivity index (χ2n) is 4.08. The largest absolute Gasteiger partial charge is 0.322 e. The van der Waals surface area contributed by atoms with Crippen LogP contribution >= 0.6 is 11.6 Å². The summed E-state index contributed by atoms with van der Waals surface area (Å²) in [6.45, 7) is 2.75. The summed E-state index contributed by atoms with van der Waals surface area (Å²) < 4.78 is 22.9. The van der Waals surface area contributed by atoms with Crippen LogP contribution in [0.2, 0.25) is 5.02 Å². The molecule has 0 saturated carbocycles. The molecule has 1 aliphatic heterocycles. The van der Waals surface area contributed by atoms with Gasteiger partial charge in [0.15, 0.2) is 9.84 Å². The molecule has 0 saturated heterocycles. The van der Waals surface area contributed by atoms with Gasteiger partial charge in [-0.2, -0.15) is 0 Å². The molecule has 1 aliphatic rings. The number of carbonyl (C=O) groups excluding carboxylic acids is 1. The van der Waals surface area contributed by atoms with Crippen LogP contribution < -0.4 is 5.32 Å². The number of para-hydroxylation sites is 1. The summed E-state index contributed by atoms with van der Waals surface area (Å²) in [6.07, 6.45) is 0. The van der Waals surface area contributed by atoms with E-state index in [9.17, 15) is 13.2 Å². The van der Waals surface area contributed by atoms with Crippen LogP contribution in [0.4, 0.5) is 5.69 Å². The van der Waals surface area contributed by atoms with Crippen molar-refractivity contribution in [1.82, 2.24) is 0 Å². The molecular formula is C10H10ClNO3S. The van der Waals surface area contributed by atoms with E-state index in [1.807, 2.05) is 0 Å². The molecule has 1 amide bonds. The van der Waals surface area contributed by atoms with Crippen molar-refractivity contribution in [2.45, 2.75) is 23.5 Å². The predicted molar refractivity (Wildman–Crippen MR) is 61.3 cm³/mol. The number of fused-ring (bicyclic) bond motifs is 1. The number of sulfone groups is 1. The van der Waals surface area contributed by atoms with Crippen LogP contribution in [0.15, 0.2) is 23.1 Å². The van der Waals surface area contributed by atoms with E-state index in [4.69, 9.17) is 11.6 Å². The third-order valence-corrected chi connectivity index (χ3v) is 5.49. The number of hydrogen-bond acceptors (Lipinski definition) is 3. The van der Waals surface area contributed by atoms with Crippen LogP contribution in [0.5, 0.6) is 0 Å². The minimum Gasteiger partial charge on any atom is -0.322 e. The third kappa shape index (κ3) is 1.28. The Balaban J connectivity index is 2.83. The molecule has 1 aromatic rings. The van der Waals surface area contributed by atoms with Crippen LogP contribution in [0.3, 0.4) is 0 Å². The van der Waals surface area contributed by atoms with E-state index in [0.717, 1.165) is 0 Å². The topological polar surface area (TPSA) is 63.2 Å². The van der Waals surface area contributed by atoms with Gasteiger partial charge in [0.25, 0.3) is 0 Å². The second kappa shape index (κ2) is 3.21. The van der Waals surface area contributed by atoms with Gasteiger partial charge in [-0.15, -0.1) is 0 Å². The molecule has 0 radical (unpaired) electrons. The lowest BCUT2D eigenvalue weighted by molar-refractivity contribution is -0.118. The SMILES string of the molecule is CC1(C)C(=O)Nc2c(Cl)cccc2S1(=O)=O. The minimum atomic E-state index is -3.69. The van der Waals surface area contributed by atoms with Gasteiger partial charge in [0, 0.05) is 0 Å². The van der Waals surface area contributed by atoms with E-state index in [1.54, 1.807) is 6.07 Å². The number of nitrogens with one attached hydrogen (secondary N) is 1. The number of carbonyl (C=O) groups is 1. The Kier molecular flexibility index (Phi) is 2.29. The maximum Gasteiger partial charge on any atom is 0.245 e. The van der Waals surface area contributed by atoms with Crippen molar-refractivity contribution in [1.29, 1.82) is 0 Å². The molecule has 86 valence electrons. The summed E-state index contributed by atoms with van der Waals surface area (Å²) >= 11 is 5.85. The Morgan fingerprint density at radius 3 is 2.56 bits per heavy atom. The predicted octanol–water partition coefficient (Wildman–Crippen LogP) is 1.84. The highest BCUT2D eigenvalue weighted by Crippen LogP contribution is 2.39. The van der Waals surface area contributed by atoms with Crippen molar-refractivity contribution in [3.63, 3.8) is 0 Å². The molecule has 0 aliphatic carbocycles. The number of benzene rings is 1. The van der Waals surface area contributed by atoms with Gasteiger partial charge in [-0.3, -0.25) is 4.79 Å². The number of rotatable bonds is 0. The summed E-state index contributed by atoms with van der Waals surface area (Å²) in [4.78, 5) is 11.8. The highest BCUT2D eigenvalue weighted by Gasteiger charge is 2.48. The Morgan fingerprint density at radius 1 is 1.31 bits per heavy atom. The Bertz CT molecular complexity index is 578. The van der Waals surface area contributed by atoms with Gasteiger partial charge in [0.05, 0.1) is 15.6 Å². The molecule has 6 heteroatoms. The highest BCUT2D eigenvalue weighted by molar-refractivity contribution is 7.94. The maximum atomic E-state index is 12.2. The van der Waals surface area contributed by atoms with Crippen LogP contribution in [0, 0.1) is 0 Å².